The molecule has 0 aromatic rings. The lowest BCUT2D eigenvalue weighted by molar-refractivity contribution is -0.122. The van der Waals surface area contributed by atoms with Crippen molar-refractivity contribution < 1.29 is 9.59 Å². The van der Waals surface area contributed by atoms with Gasteiger partial charge in [0.05, 0.1) is 0 Å². The second kappa shape index (κ2) is 5.74. The maximum atomic E-state index is 11.3. The van der Waals surface area contributed by atoms with Crippen molar-refractivity contribution in [1.82, 2.24) is 0 Å². The fourth-order valence-corrected chi connectivity index (χ4v) is 0.866. The number of hydrogen-bond donors (Lipinski definition) is 0. The number of hydrogen-bond acceptors (Lipinski definition) is 2. The van der Waals surface area contributed by atoms with Gasteiger partial charge in [-0.15, -0.1) is 0 Å². The maximum Gasteiger partial charge on any atom is 0.155 e. The van der Waals surface area contributed by atoms with E-state index in [0.29, 0.717) is 19.3 Å². The molecule has 0 aliphatic carbocycles. The topological polar surface area (TPSA) is 34.1 Å². The predicted octanol–water partition coefficient (Wildman–Crippen LogP) is 2.92. The summed E-state index contributed by atoms with van der Waals surface area (Å²) in [5.41, 5.74) is 0.0322. The molecule has 2 nitrogen and oxygen atoms in total. The Labute approximate surface area is 86.4 Å². The molecule has 0 unspecified atom stereocenters. The van der Waals surface area contributed by atoms with Gasteiger partial charge in [-0.25, -0.2) is 0 Å². The zero-order valence-corrected chi connectivity index (χ0v) is 9.59. The molecule has 0 aromatic heterocycles. The number of carbonyl (C=O) groups excluding carboxylic acids is 2. The van der Waals surface area contributed by atoms with Gasteiger partial charge in [0.15, 0.2) is 5.78 Å². The van der Waals surface area contributed by atoms with Crippen molar-refractivity contribution in [2.45, 2.75) is 47.0 Å². The summed E-state index contributed by atoms with van der Waals surface area (Å²) in [4.78, 5) is 22.2. The van der Waals surface area contributed by atoms with Crippen molar-refractivity contribution in [2.24, 2.45) is 5.41 Å². The summed E-state index contributed by atoms with van der Waals surface area (Å²) in [6.07, 6.45) is 4.72. The highest BCUT2D eigenvalue weighted by Gasteiger charge is 2.06. The van der Waals surface area contributed by atoms with Crippen LogP contribution in [0, 0.1) is 5.41 Å². The van der Waals surface area contributed by atoms with Gasteiger partial charge >= 0.3 is 0 Å². The van der Waals surface area contributed by atoms with Crippen LogP contribution in [0.4, 0.5) is 0 Å². The third kappa shape index (κ3) is 7.71. The van der Waals surface area contributed by atoms with Crippen LogP contribution in [-0.2, 0) is 9.59 Å². The summed E-state index contributed by atoms with van der Waals surface area (Å²) in [6, 6.07) is 0. The summed E-state index contributed by atoms with van der Waals surface area (Å²) in [7, 11) is 0. The van der Waals surface area contributed by atoms with Crippen molar-refractivity contribution in [3.63, 3.8) is 0 Å². The molecule has 0 N–H and O–H groups in total. The Morgan fingerprint density at radius 2 is 1.71 bits per heavy atom. The molecule has 80 valence electrons. The van der Waals surface area contributed by atoms with Gasteiger partial charge in [0.1, 0.15) is 5.78 Å². The van der Waals surface area contributed by atoms with E-state index < -0.39 is 0 Å². The molecule has 0 aliphatic rings. The van der Waals surface area contributed by atoms with Gasteiger partial charge in [0.25, 0.3) is 0 Å². The second-order valence-electron chi connectivity index (χ2n) is 4.56. The van der Waals surface area contributed by atoms with Crippen molar-refractivity contribution in [3.8, 4) is 0 Å². The zero-order valence-electron chi connectivity index (χ0n) is 9.59. The van der Waals surface area contributed by atoms with Gasteiger partial charge in [0, 0.05) is 19.3 Å². The molecular weight excluding hydrogens is 176 g/mol. The van der Waals surface area contributed by atoms with Crippen LogP contribution < -0.4 is 0 Å². The Morgan fingerprint density at radius 1 is 1.14 bits per heavy atom. The average molecular weight is 196 g/mol. The molecule has 0 spiro atoms. The molecule has 0 heterocycles. The molecule has 0 aliphatic heterocycles. The second-order valence-corrected chi connectivity index (χ2v) is 4.56. The van der Waals surface area contributed by atoms with Crippen molar-refractivity contribution >= 4 is 11.6 Å². The SMILES string of the molecule is CCC(=O)CCC(=O)/C=C/C(C)(C)C. The monoisotopic (exact) mass is 196 g/mol. The molecule has 0 saturated carbocycles. The van der Waals surface area contributed by atoms with Gasteiger partial charge in [-0.3, -0.25) is 9.59 Å². The Balaban J connectivity index is 3.88. The van der Waals surface area contributed by atoms with Crippen LogP contribution in [0.1, 0.15) is 47.0 Å². The molecule has 0 bridgehead atoms. The first kappa shape index (κ1) is 13.1. The first-order chi connectivity index (χ1) is 6.35. The van der Waals surface area contributed by atoms with E-state index in [-0.39, 0.29) is 17.0 Å². The van der Waals surface area contributed by atoms with E-state index in [0.717, 1.165) is 0 Å². The lowest BCUT2D eigenvalue weighted by atomic mass is 9.95. The Morgan fingerprint density at radius 3 is 2.14 bits per heavy atom. The highest BCUT2D eigenvalue weighted by Crippen LogP contribution is 2.14. The van der Waals surface area contributed by atoms with Crippen LogP contribution in [0.5, 0.6) is 0 Å². The third-order valence-electron chi connectivity index (χ3n) is 1.81. The fraction of sp³-hybridized carbons (Fsp3) is 0.667. The van der Waals surface area contributed by atoms with Crippen molar-refractivity contribution in [2.75, 3.05) is 0 Å². The first-order valence-electron chi connectivity index (χ1n) is 5.09. The third-order valence-corrected chi connectivity index (χ3v) is 1.81. The lowest BCUT2D eigenvalue weighted by Crippen LogP contribution is -2.03. The van der Waals surface area contributed by atoms with E-state index in [2.05, 4.69) is 0 Å². The van der Waals surface area contributed by atoms with Gasteiger partial charge in [-0.2, -0.15) is 0 Å². The molecule has 0 fully saturated rings. The van der Waals surface area contributed by atoms with E-state index in [1.54, 1.807) is 6.08 Å². The minimum Gasteiger partial charge on any atom is -0.300 e. The van der Waals surface area contributed by atoms with E-state index in [1.807, 2.05) is 33.8 Å². The standard InChI is InChI=1S/C12H20O2/c1-5-10(13)6-7-11(14)8-9-12(2,3)4/h8-9H,5-7H2,1-4H3/b9-8+. The number of carbonyl (C=O) groups is 2. The summed E-state index contributed by atoms with van der Waals surface area (Å²) in [6.45, 7) is 7.92. The smallest absolute Gasteiger partial charge is 0.155 e. The molecule has 0 saturated heterocycles. The zero-order chi connectivity index (χ0) is 11.2. The minimum atomic E-state index is 0.0322. The normalized spacial score (nSPS) is 12.0. The fourth-order valence-electron chi connectivity index (χ4n) is 0.866. The molecule has 0 rings (SSSR count). The molecular formula is C12H20O2. The molecule has 14 heavy (non-hydrogen) atoms. The van der Waals surface area contributed by atoms with Crippen LogP contribution >= 0.6 is 0 Å². The van der Waals surface area contributed by atoms with Crippen LogP contribution in [0.3, 0.4) is 0 Å². The first-order valence-corrected chi connectivity index (χ1v) is 5.09. The summed E-state index contributed by atoms with van der Waals surface area (Å²) >= 11 is 0. The Bertz CT molecular complexity index is 231. The number of allylic oxidation sites excluding steroid dienone is 2. The molecule has 0 atom stereocenters. The van der Waals surface area contributed by atoms with Crippen LogP contribution in [-0.4, -0.2) is 11.6 Å². The van der Waals surface area contributed by atoms with Crippen LogP contribution in [0.25, 0.3) is 0 Å². The summed E-state index contributed by atoms with van der Waals surface area (Å²) in [5.74, 6) is 0.198. The van der Waals surface area contributed by atoms with Gasteiger partial charge in [-0.05, 0) is 11.5 Å². The predicted molar refractivity (Wildman–Crippen MR) is 58.1 cm³/mol. The van der Waals surface area contributed by atoms with Crippen molar-refractivity contribution in [3.05, 3.63) is 12.2 Å². The number of Topliss-reactive ketones (excluding diaryl/α,β-unsaturated/α-hetero) is 1. The molecule has 0 aromatic carbocycles. The van der Waals surface area contributed by atoms with Gasteiger partial charge in [0.2, 0.25) is 0 Å². The lowest BCUT2D eigenvalue weighted by Gasteiger charge is -2.10. The van der Waals surface area contributed by atoms with E-state index in [4.69, 9.17) is 0 Å². The minimum absolute atomic E-state index is 0.0322. The van der Waals surface area contributed by atoms with E-state index >= 15 is 0 Å². The van der Waals surface area contributed by atoms with E-state index in [1.165, 1.54) is 0 Å². The number of rotatable bonds is 5. The average Bonchev–Trinajstić information content (AvgIpc) is 2.09. The van der Waals surface area contributed by atoms with Crippen LogP contribution in [0.15, 0.2) is 12.2 Å². The molecule has 0 amide bonds. The summed E-state index contributed by atoms with van der Waals surface area (Å²) in [5, 5.41) is 0. The highest BCUT2D eigenvalue weighted by atomic mass is 16.1. The largest absolute Gasteiger partial charge is 0.300 e. The Kier molecular flexibility index (Phi) is 5.36. The highest BCUT2D eigenvalue weighted by molar-refractivity contribution is 5.92. The number of ketones is 2. The Hall–Kier alpha value is -0.920. The van der Waals surface area contributed by atoms with Crippen LogP contribution in [0.2, 0.25) is 0 Å². The van der Waals surface area contributed by atoms with Gasteiger partial charge in [-0.1, -0.05) is 33.8 Å². The quantitative estimate of drug-likeness (QED) is 0.633. The molecule has 0 radical (unpaired) electrons. The maximum absolute atomic E-state index is 11.3. The summed E-state index contributed by atoms with van der Waals surface area (Å²) < 4.78 is 0. The van der Waals surface area contributed by atoms with Crippen molar-refractivity contribution in [1.29, 1.82) is 0 Å². The molecule has 2 heteroatoms. The van der Waals surface area contributed by atoms with E-state index in [9.17, 15) is 9.59 Å². The van der Waals surface area contributed by atoms with Gasteiger partial charge < -0.3 is 0 Å².